The number of carbonyl (C=O) groups is 1. The number of nitrogens with zero attached hydrogens (tertiary/aromatic N) is 2. The Morgan fingerprint density at radius 3 is 2.94 bits per heavy atom. The fraction of sp³-hybridized carbons (Fsp3) is 0.500. The van der Waals surface area contributed by atoms with E-state index in [9.17, 15) is 4.79 Å². The van der Waals surface area contributed by atoms with E-state index in [4.69, 9.17) is 0 Å². The monoisotopic (exact) mass is 312 g/mol. The smallest absolute Gasteiger partial charge is 0.238 e. The first-order valence-corrected chi connectivity index (χ1v) is 6.79. The molecule has 18 heavy (non-hydrogen) atoms. The van der Waals surface area contributed by atoms with Crippen LogP contribution in [0.25, 0.3) is 0 Å². The number of carbonyl (C=O) groups excluding carboxylic acids is 1. The fourth-order valence-electron chi connectivity index (χ4n) is 1.90. The number of piperazine rings is 1. The van der Waals surface area contributed by atoms with Crippen molar-refractivity contribution in [1.82, 2.24) is 15.2 Å². The zero-order valence-electron chi connectivity index (χ0n) is 10.4. The number of pyridine rings is 1. The molecule has 6 heteroatoms. The summed E-state index contributed by atoms with van der Waals surface area (Å²) >= 11 is 3.34. The number of aryl methyl sites for hydroxylation is 1. The Morgan fingerprint density at radius 2 is 2.28 bits per heavy atom. The summed E-state index contributed by atoms with van der Waals surface area (Å²) in [6, 6.07) is 1.91. The molecule has 0 spiro atoms. The Balaban J connectivity index is 1.88. The summed E-state index contributed by atoms with van der Waals surface area (Å²) in [7, 11) is 0. The lowest BCUT2D eigenvalue weighted by Crippen LogP contribution is -2.46. The first kappa shape index (κ1) is 13.5. The average molecular weight is 313 g/mol. The molecule has 1 fully saturated rings. The highest BCUT2D eigenvalue weighted by atomic mass is 79.9. The lowest BCUT2D eigenvalue weighted by Gasteiger charge is -2.26. The normalized spacial score (nSPS) is 16.6. The van der Waals surface area contributed by atoms with Gasteiger partial charge in [-0.05, 0) is 34.5 Å². The third-order valence-electron chi connectivity index (χ3n) is 2.87. The van der Waals surface area contributed by atoms with Gasteiger partial charge in [-0.25, -0.2) is 4.98 Å². The topological polar surface area (TPSA) is 57.3 Å². The summed E-state index contributed by atoms with van der Waals surface area (Å²) in [6.45, 7) is 6.13. The number of halogens is 1. The molecule has 1 saturated heterocycles. The van der Waals surface area contributed by atoms with E-state index in [1.54, 1.807) is 6.20 Å². The van der Waals surface area contributed by atoms with Crippen LogP contribution in [0.5, 0.6) is 0 Å². The van der Waals surface area contributed by atoms with Crippen molar-refractivity contribution in [3.05, 3.63) is 22.4 Å². The number of aromatic nitrogens is 1. The van der Waals surface area contributed by atoms with Gasteiger partial charge in [0.1, 0.15) is 4.60 Å². The second-order valence-electron chi connectivity index (χ2n) is 4.41. The number of nitrogens with one attached hydrogen (secondary N) is 2. The van der Waals surface area contributed by atoms with Crippen molar-refractivity contribution in [2.75, 3.05) is 38.0 Å². The van der Waals surface area contributed by atoms with E-state index in [1.807, 2.05) is 13.0 Å². The van der Waals surface area contributed by atoms with Crippen LogP contribution >= 0.6 is 15.9 Å². The third-order valence-corrected chi connectivity index (χ3v) is 3.71. The van der Waals surface area contributed by atoms with Gasteiger partial charge in [0.05, 0.1) is 18.4 Å². The zero-order chi connectivity index (χ0) is 13.0. The van der Waals surface area contributed by atoms with Crippen molar-refractivity contribution in [2.24, 2.45) is 0 Å². The molecule has 5 nitrogen and oxygen atoms in total. The van der Waals surface area contributed by atoms with Crippen LogP contribution in [0.3, 0.4) is 0 Å². The highest BCUT2D eigenvalue weighted by Crippen LogP contribution is 2.16. The van der Waals surface area contributed by atoms with Crippen LogP contribution in [-0.2, 0) is 4.79 Å². The maximum Gasteiger partial charge on any atom is 0.238 e. The van der Waals surface area contributed by atoms with Crippen LogP contribution in [-0.4, -0.2) is 48.5 Å². The second kappa shape index (κ2) is 6.26. The number of hydrogen-bond acceptors (Lipinski definition) is 4. The Hall–Kier alpha value is -0.980. The molecule has 2 heterocycles. The second-order valence-corrected chi connectivity index (χ2v) is 5.16. The van der Waals surface area contributed by atoms with E-state index in [1.165, 1.54) is 0 Å². The van der Waals surface area contributed by atoms with Crippen LogP contribution in [0.15, 0.2) is 16.9 Å². The summed E-state index contributed by atoms with van der Waals surface area (Å²) < 4.78 is 0.808. The third kappa shape index (κ3) is 3.76. The fourth-order valence-corrected chi connectivity index (χ4v) is 2.12. The highest BCUT2D eigenvalue weighted by Gasteiger charge is 2.13. The zero-order valence-corrected chi connectivity index (χ0v) is 12.0. The summed E-state index contributed by atoms with van der Waals surface area (Å²) in [5.74, 6) is 0.0143. The van der Waals surface area contributed by atoms with Crippen LogP contribution in [0, 0.1) is 6.92 Å². The number of anilines is 1. The average Bonchev–Trinajstić information content (AvgIpc) is 2.35. The lowest BCUT2D eigenvalue weighted by atomic mass is 10.3. The summed E-state index contributed by atoms with van der Waals surface area (Å²) in [5.41, 5.74) is 1.76. The van der Waals surface area contributed by atoms with Crippen LogP contribution < -0.4 is 10.6 Å². The van der Waals surface area contributed by atoms with Gasteiger partial charge >= 0.3 is 0 Å². The van der Waals surface area contributed by atoms with Gasteiger partial charge in [0.2, 0.25) is 5.91 Å². The van der Waals surface area contributed by atoms with Gasteiger partial charge in [-0.2, -0.15) is 0 Å². The quantitative estimate of drug-likeness (QED) is 0.818. The van der Waals surface area contributed by atoms with Crippen molar-refractivity contribution in [3.8, 4) is 0 Å². The van der Waals surface area contributed by atoms with Crippen molar-refractivity contribution in [1.29, 1.82) is 0 Å². The van der Waals surface area contributed by atoms with E-state index in [-0.39, 0.29) is 5.91 Å². The number of rotatable bonds is 3. The predicted octanol–water partition coefficient (Wildman–Crippen LogP) is 0.996. The Kier molecular flexibility index (Phi) is 4.68. The first-order chi connectivity index (χ1) is 8.65. The van der Waals surface area contributed by atoms with Gasteiger partial charge in [-0.1, -0.05) is 0 Å². The van der Waals surface area contributed by atoms with Crippen molar-refractivity contribution in [2.45, 2.75) is 6.92 Å². The molecule has 0 atom stereocenters. The Bertz CT molecular complexity index is 432. The van der Waals surface area contributed by atoms with Crippen LogP contribution in [0.2, 0.25) is 0 Å². The molecule has 1 aromatic rings. The molecular weight excluding hydrogens is 296 g/mol. The number of hydrogen-bond donors (Lipinski definition) is 2. The minimum Gasteiger partial charge on any atom is -0.324 e. The van der Waals surface area contributed by atoms with Crippen molar-refractivity contribution in [3.63, 3.8) is 0 Å². The molecule has 2 N–H and O–H groups in total. The molecule has 1 aromatic heterocycles. The summed E-state index contributed by atoms with van der Waals surface area (Å²) in [5, 5.41) is 6.14. The van der Waals surface area contributed by atoms with Crippen molar-refractivity contribution >= 4 is 27.5 Å². The van der Waals surface area contributed by atoms with E-state index in [2.05, 4.69) is 36.4 Å². The van der Waals surface area contributed by atoms with E-state index in [0.717, 1.165) is 42.0 Å². The number of amides is 1. The van der Waals surface area contributed by atoms with Crippen LogP contribution in [0.1, 0.15) is 5.56 Å². The van der Waals surface area contributed by atoms with Crippen LogP contribution in [0.4, 0.5) is 5.69 Å². The summed E-state index contributed by atoms with van der Waals surface area (Å²) in [6.07, 6.45) is 1.66. The molecule has 0 unspecified atom stereocenters. The molecule has 0 radical (unpaired) electrons. The maximum absolute atomic E-state index is 11.9. The van der Waals surface area contributed by atoms with Gasteiger partial charge in [-0.15, -0.1) is 0 Å². The van der Waals surface area contributed by atoms with Crippen molar-refractivity contribution < 1.29 is 4.79 Å². The summed E-state index contributed by atoms with van der Waals surface area (Å²) in [4.78, 5) is 18.2. The molecule has 2 rings (SSSR count). The Morgan fingerprint density at radius 1 is 1.56 bits per heavy atom. The first-order valence-electron chi connectivity index (χ1n) is 6.00. The maximum atomic E-state index is 11.9. The van der Waals surface area contributed by atoms with Gasteiger partial charge in [0.15, 0.2) is 0 Å². The molecule has 1 aliphatic heterocycles. The molecule has 0 saturated carbocycles. The molecule has 98 valence electrons. The van der Waals surface area contributed by atoms with Gasteiger partial charge in [-0.3, -0.25) is 9.69 Å². The predicted molar refractivity (Wildman–Crippen MR) is 74.6 cm³/mol. The largest absolute Gasteiger partial charge is 0.324 e. The van der Waals surface area contributed by atoms with E-state index < -0.39 is 0 Å². The molecule has 0 bridgehead atoms. The van der Waals surface area contributed by atoms with Gasteiger partial charge in [0, 0.05) is 26.2 Å². The molecule has 1 aliphatic rings. The van der Waals surface area contributed by atoms with E-state index >= 15 is 0 Å². The molecule has 0 aromatic carbocycles. The highest BCUT2D eigenvalue weighted by molar-refractivity contribution is 9.10. The van der Waals surface area contributed by atoms with Gasteiger partial charge < -0.3 is 10.6 Å². The SMILES string of the molecule is Cc1cc(NC(=O)CN2CCNCC2)cnc1Br. The molecular formula is C12H17BrN4O. The Labute approximate surface area is 115 Å². The minimum absolute atomic E-state index is 0.0143. The lowest BCUT2D eigenvalue weighted by molar-refractivity contribution is -0.117. The minimum atomic E-state index is 0.0143. The molecule has 0 aliphatic carbocycles. The standard InChI is InChI=1S/C12H17BrN4O/c1-9-6-10(7-15-12(9)13)16-11(18)8-17-4-2-14-3-5-17/h6-7,14H,2-5,8H2,1H3,(H,16,18). The van der Waals surface area contributed by atoms with E-state index in [0.29, 0.717) is 6.54 Å². The molecule has 1 amide bonds. The van der Waals surface area contributed by atoms with Gasteiger partial charge in [0.25, 0.3) is 0 Å².